The number of hydrogen-bond donors (Lipinski definition) is 2. The molecule has 0 bridgehead atoms. The Morgan fingerprint density at radius 2 is 1.68 bits per heavy atom. The van der Waals surface area contributed by atoms with Gasteiger partial charge in [0.05, 0.1) is 0 Å². The van der Waals surface area contributed by atoms with E-state index >= 15 is 0 Å². The van der Waals surface area contributed by atoms with Crippen LogP contribution in [-0.2, 0) is 0 Å². The van der Waals surface area contributed by atoms with Crippen molar-refractivity contribution >= 4 is 17.3 Å². The Kier molecular flexibility index (Phi) is 5.36. The Hall–Kier alpha value is -3.21. The fraction of sp³-hybridized carbons (Fsp3) is 0.150. The van der Waals surface area contributed by atoms with E-state index in [9.17, 15) is 4.79 Å². The van der Waals surface area contributed by atoms with Crippen LogP contribution in [0.15, 0.2) is 67.0 Å². The number of carbonyl (C=O) groups is 1. The Labute approximate surface area is 147 Å². The van der Waals surface area contributed by atoms with Crippen molar-refractivity contribution in [1.82, 2.24) is 9.97 Å². The van der Waals surface area contributed by atoms with Gasteiger partial charge >= 0.3 is 0 Å². The Balaban J connectivity index is 1.69. The van der Waals surface area contributed by atoms with E-state index < -0.39 is 0 Å². The molecule has 126 valence electrons. The molecule has 2 aromatic carbocycles. The molecule has 5 nitrogen and oxygen atoms in total. The molecule has 0 amide bonds. The minimum Gasteiger partial charge on any atom is -0.383 e. The standard InChI is InChI=1S/C20H20N4O/c1-15(25)16-6-5-7-17(14-16)19-20(24-13-11-22-19)23-12-10-21-18-8-3-2-4-9-18/h2-9,11,13-14,21H,10,12H2,1H3,(H,23,24). The van der Waals surface area contributed by atoms with Crippen LogP contribution in [0.3, 0.4) is 0 Å². The molecule has 0 saturated carbocycles. The fourth-order valence-electron chi connectivity index (χ4n) is 2.51. The molecule has 0 fully saturated rings. The molecular weight excluding hydrogens is 312 g/mol. The molecule has 5 heteroatoms. The van der Waals surface area contributed by atoms with E-state index in [1.54, 1.807) is 25.4 Å². The van der Waals surface area contributed by atoms with Gasteiger partial charge in [-0.3, -0.25) is 9.78 Å². The number of rotatable bonds is 7. The molecule has 0 aliphatic rings. The highest BCUT2D eigenvalue weighted by atomic mass is 16.1. The third-order valence-corrected chi connectivity index (χ3v) is 3.76. The van der Waals surface area contributed by atoms with Crippen LogP contribution in [0.5, 0.6) is 0 Å². The van der Waals surface area contributed by atoms with Crippen molar-refractivity contribution in [3.05, 3.63) is 72.6 Å². The minimum atomic E-state index is 0.0345. The number of aromatic nitrogens is 2. The van der Waals surface area contributed by atoms with Gasteiger partial charge < -0.3 is 10.6 Å². The lowest BCUT2D eigenvalue weighted by Gasteiger charge is -2.11. The predicted molar refractivity (Wildman–Crippen MR) is 101 cm³/mol. The maximum Gasteiger partial charge on any atom is 0.159 e. The van der Waals surface area contributed by atoms with Gasteiger partial charge in [-0.15, -0.1) is 0 Å². The molecule has 3 rings (SSSR count). The number of anilines is 2. The van der Waals surface area contributed by atoms with E-state index in [0.29, 0.717) is 17.9 Å². The first kappa shape index (κ1) is 16.6. The van der Waals surface area contributed by atoms with E-state index in [1.807, 2.05) is 48.5 Å². The third kappa shape index (κ3) is 4.41. The van der Waals surface area contributed by atoms with E-state index in [4.69, 9.17) is 0 Å². The monoisotopic (exact) mass is 332 g/mol. The lowest BCUT2D eigenvalue weighted by molar-refractivity contribution is 0.101. The van der Waals surface area contributed by atoms with Gasteiger partial charge in [0.2, 0.25) is 0 Å². The van der Waals surface area contributed by atoms with Gasteiger partial charge in [-0.2, -0.15) is 0 Å². The van der Waals surface area contributed by atoms with Crippen molar-refractivity contribution in [2.75, 3.05) is 23.7 Å². The number of benzene rings is 2. The average molecular weight is 332 g/mol. The molecule has 0 aliphatic heterocycles. The largest absolute Gasteiger partial charge is 0.383 e. The summed E-state index contributed by atoms with van der Waals surface area (Å²) in [4.78, 5) is 20.4. The van der Waals surface area contributed by atoms with Crippen LogP contribution < -0.4 is 10.6 Å². The van der Waals surface area contributed by atoms with Crippen LogP contribution in [0.4, 0.5) is 11.5 Å². The van der Waals surface area contributed by atoms with Crippen molar-refractivity contribution in [2.45, 2.75) is 6.92 Å². The second kappa shape index (κ2) is 8.06. The molecule has 2 N–H and O–H groups in total. The maximum atomic E-state index is 11.6. The number of carbonyl (C=O) groups excluding carboxylic acids is 1. The summed E-state index contributed by atoms with van der Waals surface area (Å²) in [6.45, 7) is 3.02. The van der Waals surface area contributed by atoms with Crippen LogP contribution in [0, 0.1) is 0 Å². The van der Waals surface area contributed by atoms with Crippen molar-refractivity contribution < 1.29 is 4.79 Å². The van der Waals surface area contributed by atoms with Crippen LogP contribution in [0.2, 0.25) is 0 Å². The van der Waals surface area contributed by atoms with Crippen molar-refractivity contribution in [1.29, 1.82) is 0 Å². The van der Waals surface area contributed by atoms with Crippen LogP contribution in [-0.4, -0.2) is 28.8 Å². The Bertz CT molecular complexity index is 849. The van der Waals surface area contributed by atoms with E-state index in [2.05, 4.69) is 20.6 Å². The third-order valence-electron chi connectivity index (χ3n) is 3.76. The van der Waals surface area contributed by atoms with Gasteiger partial charge in [0.15, 0.2) is 11.6 Å². The smallest absolute Gasteiger partial charge is 0.159 e. The van der Waals surface area contributed by atoms with Crippen LogP contribution in [0.25, 0.3) is 11.3 Å². The zero-order chi connectivity index (χ0) is 17.5. The molecule has 0 spiro atoms. The summed E-state index contributed by atoms with van der Waals surface area (Å²) in [5, 5.41) is 6.65. The summed E-state index contributed by atoms with van der Waals surface area (Å²) in [6.07, 6.45) is 3.31. The number of hydrogen-bond acceptors (Lipinski definition) is 5. The lowest BCUT2D eigenvalue weighted by Crippen LogP contribution is -2.15. The van der Waals surface area contributed by atoms with Crippen molar-refractivity contribution in [3.8, 4) is 11.3 Å². The Morgan fingerprint density at radius 1 is 0.920 bits per heavy atom. The molecule has 25 heavy (non-hydrogen) atoms. The second-order valence-corrected chi connectivity index (χ2v) is 5.61. The number of Topliss-reactive ketones (excluding diaryl/α,β-unsaturated/α-hetero) is 1. The molecule has 0 saturated heterocycles. The minimum absolute atomic E-state index is 0.0345. The summed E-state index contributed by atoms with van der Waals surface area (Å²) < 4.78 is 0. The number of para-hydroxylation sites is 1. The first-order valence-electron chi connectivity index (χ1n) is 8.19. The average Bonchev–Trinajstić information content (AvgIpc) is 2.66. The maximum absolute atomic E-state index is 11.6. The SMILES string of the molecule is CC(=O)c1cccc(-c2nccnc2NCCNc2ccccc2)c1. The molecule has 1 aromatic heterocycles. The highest BCUT2D eigenvalue weighted by Gasteiger charge is 2.09. The van der Waals surface area contributed by atoms with Gasteiger partial charge in [-0.05, 0) is 25.1 Å². The molecule has 0 radical (unpaired) electrons. The van der Waals surface area contributed by atoms with Crippen molar-refractivity contribution in [2.24, 2.45) is 0 Å². The van der Waals surface area contributed by atoms with E-state index in [-0.39, 0.29) is 5.78 Å². The summed E-state index contributed by atoms with van der Waals surface area (Å²) in [6, 6.07) is 17.5. The number of nitrogens with zero attached hydrogens (tertiary/aromatic N) is 2. The van der Waals surface area contributed by atoms with Gasteiger partial charge in [0.1, 0.15) is 5.69 Å². The number of nitrogens with one attached hydrogen (secondary N) is 2. The van der Waals surface area contributed by atoms with Gasteiger partial charge in [-0.1, -0.05) is 36.4 Å². The summed E-state index contributed by atoms with van der Waals surface area (Å²) in [5.41, 5.74) is 3.36. The Morgan fingerprint density at radius 3 is 2.48 bits per heavy atom. The molecule has 3 aromatic rings. The predicted octanol–water partition coefficient (Wildman–Crippen LogP) is 3.87. The lowest BCUT2D eigenvalue weighted by atomic mass is 10.1. The topological polar surface area (TPSA) is 66.9 Å². The van der Waals surface area contributed by atoms with E-state index in [1.165, 1.54) is 0 Å². The molecule has 1 heterocycles. The van der Waals surface area contributed by atoms with Gasteiger partial charge in [-0.25, -0.2) is 4.98 Å². The second-order valence-electron chi connectivity index (χ2n) is 5.61. The number of ketones is 1. The molecule has 0 aliphatic carbocycles. The van der Waals surface area contributed by atoms with Crippen molar-refractivity contribution in [3.63, 3.8) is 0 Å². The van der Waals surface area contributed by atoms with Crippen LogP contribution >= 0.6 is 0 Å². The van der Waals surface area contributed by atoms with Gasteiger partial charge in [0.25, 0.3) is 0 Å². The van der Waals surface area contributed by atoms with Gasteiger partial charge in [0, 0.05) is 42.3 Å². The molecule has 0 atom stereocenters. The quantitative estimate of drug-likeness (QED) is 0.508. The summed E-state index contributed by atoms with van der Waals surface area (Å²) in [7, 11) is 0. The zero-order valence-electron chi connectivity index (χ0n) is 14.1. The highest BCUT2D eigenvalue weighted by molar-refractivity contribution is 5.95. The molecular formula is C20H20N4O. The first-order chi connectivity index (χ1) is 12.2. The molecule has 0 unspecified atom stereocenters. The fourth-order valence-corrected chi connectivity index (χ4v) is 2.51. The first-order valence-corrected chi connectivity index (χ1v) is 8.19. The zero-order valence-corrected chi connectivity index (χ0v) is 14.1. The normalized spacial score (nSPS) is 10.3. The summed E-state index contributed by atoms with van der Waals surface area (Å²) in [5.74, 6) is 0.741. The summed E-state index contributed by atoms with van der Waals surface area (Å²) >= 11 is 0. The van der Waals surface area contributed by atoms with Crippen LogP contribution in [0.1, 0.15) is 17.3 Å². The van der Waals surface area contributed by atoms with E-state index in [0.717, 1.165) is 23.5 Å². The highest BCUT2D eigenvalue weighted by Crippen LogP contribution is 2.24.